The molecule has 0 amide bonds. The molecule has 22 heavy (non-hydrogen) atoms. The molecule has 0 spiro atoms. The van der Waals surface area contributed by atoms with Crippen LogP contribution in [0.1, 0.15) is 22.8 Å². The molecule has 3 aromatic heterocycles. The number of aromatic nitrogens is 2. The number of furan rings is 1. The topological polar surface area (TPSA) is 42.2 Å². The molecule has 0 unspecified atom stereocenters. The van der Waals surface area contributed by atoms with E-state index < -0.39 is 0 Å². The monoisotopic (exact) mass is 311 g/mol. The van der Waals surface area contributed by atoms with Gasteiger partial charge in [0.25, 0.3) is 0 Å². The minimum absolute atomic E-state index is 0.847. The highest BCUT2D eigenvalue weighted by Crippen LogP contribution is 2.24. The summed E-state index contributed by atoms with van der Waals surface area (Å²) in [6, 6.07) is 8.18. The van der Waals surface area contributed by atoms with E-state index in [1.54, 1.807) is 11.3 Å². The number of rotatable bonds is 3. The van der Waals surface area contributed by atoms with Crippen LogP contribution in [0.25, 0.3) is 10.7 Å². The van der Waals surface area contributed by atoms with E-state index in [0.29, 0.717) is 0 Å². The molecule has 1 aliphatic rings. The molecular weight excluding hydrogens is 294 g/mol. The van der Waals surface area contributed by atoms with Crippen LogP contribution >= 0.6 is 11.3 Å². The third kappa shape index (κ3) is 2.69. The zero-order chi connectivity index (χ0) is 14.9. The van der Waals surface area contributed by atoms with Crippen LogP contribution in [0.3, 0.4) is 0 Å². The summed E-state index contributed by atoms with van der Waals surface area (Å²) in [7, 11) is 0. The molecule has 4 nitrogen and oxygen atoms in total. The number of hydrogen-bond donors (Lipinski definition) is 0. The molecule has 5 heteroatoms. The maximum atomic E-state index is 5.67. The van der Waals surface area contributed by atoms with Gasteiger partial charge in [-0.1, -0.05) is 6.07 Å². The van der Waals surface area contributed by atoms with Crippen molar-refractivity contribution in [3.8, 4) is 10.7 Å². The smallest absolute Gasteiger partial charge is 0.169 e. The highest BCUT2D eigenvalue weighted by Gasteiger charge is 2.19. The number of hydrogen-bond acceptors (Lipinski definition) is 5. The van der Waals surface area contributed by atoms with Crippen LogP contribution in [0, 0.1) is 6.92 Å². The molecule has 0 atom stereocenters. The summed E-state index contributed by atoms with van der Waals surface area (Å²) in [4.78, 5) is 12.8. The van der Waals surface area contributed by atoms with Crippen molar-refractivity contribution in [2.75, 3.05) is 6.54 Å². The van der Waals surface area contributed by atoms with Crippen molar-refractivity contribution in [3.05, 3.63) is 58.6 Å². The fourth-order valence-corrected chi connectivity index (χ4v) is 3.49. The van der Waals surface area contributed by atoms with Crippen molar-refractivity contribution in [2.45, 2.75) is 26.4 Å². The molecule has 0 aromatic carbocycles. The van der Waals surface area contributed by atoms with Gasteiger partial charge < -0.3 is 4.42 Å². The van der Waals surface area contributed by atoms with Gasteiger partial charge in [0, 0.05) is 31.3 Å². The van der Waals surface area contributed by atoms with Crippen molar-refractivity contribution >= 4 is 11.3 Å². The molecule has 0 N–H and O–H groups in total. The van der Waals surface area contributed by atoms with Crippen LogP contribution in [0.4, 0.5) is 0 Å². The van der Waals surface area contributed by atoms with E-state index in [1.165, 1.54) is 11.3 Å². The zero-order valence-electron chi connectivity index (χ0n) is 12.5. The van der Waals surface area contributed by atoms with E-state index >= 15 is 0 Å². The molecule has 1 aliphatic heterocycles. The van der Waals surface area contributed by atoms with Gasteiger partial charge in [-0.15, -0.1) is 11.3 Å². The van der Waals surface area contributed by atoms with Crippen molar-refractivity contribution in [1.82, 2.24) is 14.9 Å². The Hall–Kier alpha value is -1.98. The SMILES string of the molecule is Cc1ccc(CN2CCc3nc(-c4cccs4)ncc3C2)o1. The van der Waals surface area contributed by atoms with E-state index in [9.17, 15) is 0 Å². The summed E-state index contributed by atoms with van der Waals surface area (Å²) < 4.78 is 5.67. The van der Waals surface area contributed by atoms with Gasteiger partial charge in [-0.2, -0.15) is 0 Å². The number of aryl methyl sites for hydroxylation is 1. The Bertz CT molecular complexity index is 779. The average Bonchev–Trinajstić information content (AvgIpc) is 3.19. The summed E-state index contributed by atoms with van der Waals surface area (Å²) in [6.07, 6.45) is 2.95. The Morgan fingerprint density at radius 2 is 2.27 bits per heavy atom. The van der Waals surface area contributed by atoms with Crippen LogP contribution in [0.5, 0.6) is 0 Å². The van der Waals surface area contributed by atoms with Crippen LogP contribution in [0.2, 0.25) is 0 Å². The third-order valence-corrected chi connectivity index (χ3v) is 4.80. The zero-order valence-corrected chi connectivity index (χ0v) is 13.3. The Labute approximate surface area is 133 Å². The van der Waals surface area contributed by atoms with Gasteiger partial charge in [0.15, 0.2) is 5.82 Å². The second-order valence-corrected chi connectivity index (χ2v) is 6.56. The quantitative estimate of drug-likeness (QED) is 0.740. The lowest BCUT2D eigenvalue weighted by Crippen LogP contribution is -2.30. The minimum Gasteiger partial charge on any atom is -0.465 e. The predicted octanol–water partition coefficient (Wildman–Crippen LogP) is 3.66. The van der Waals surface area contributed by atoms with Crippen LogP contribution in [0.15, 0.2) is 40.3 Å². The maximum Gasteiger partial charge on any atom is 0.169 e. The van der Waals surface area contributed by atoms with Crippen LogP contribution in [-0.4, -0.2) is 21.4 Å². The molecular formula is C17H17N3OS. The van der Waals surface area contributed by atoms with E-state index in [0.717, 1.165) is 48.3 Å². The second kappa shape index (κ2) is 5.66. The summed E-state index contributed by atoms with van der Waals surface area (Å²) in [5, 5.41) is 2.06. The summed E-state index contributed by atoms with van der Waals surface area (Å²) in [5.74, 6) is 2.84. The van der Waals surface area contributed by atoms with Crippen molar-refractivity contribution < 1.29 is 4.42 Å². The summed E-state index contributed by atoms with van der Waals surface area (Å²) in [5.41, 5.74) is 2.42. The highest BCUT2D eigenvalue weighted by molar-refractivity contribution is 7.13. The highest BCUT2D eigenvalue weighted by atomic mass is 32.1. The van der Waals surface area contributed by atoms with Crippen molar-refractivity contribution in [1.29, 1.82) is 0 Å². The molecule has 4 rings (SSSR count). The third-order valence-electron chi connectivity index (χ3n) is 3.93. The van der Waals surface area contributed by atoms with Crippen molar-refractivity contribution in [2.24, 2.45) is 0 Å². The largest absolute Gasteiger partial charge is 0.465 e. The Kier molecular flexibility index (Phi) is 3.52. The Balaban J connectivity index is 1.52. The van der Waals surface area contributed by atoms with Gasteiger partial charge in [0.1, 0.15) is 11.5 Å². The molecule has 0 saturated carbocycles. The number of fused-ring (bicyclic) bond motifs is 1. The van der Waals surface area contributed by atoms with Gasteiger partial charge >= 0.3 is 0 Å². The first-order valence-corrected chi connectivity index (χ1v) is 8.32. The lowest BCUT2D eigenvalue weighted by molar-refractivity contribution is 0.222. The van der Waals surface area contributed by atoms with E-state index in [4.69, 9.17) is 9.40 Å². The fourth-order valence-electron chi connectivity index (χ4n) is 2.82. The van der Waals surface area contributed by atoms with E-state index in [2.05, 4.69) is 27.4 Å². The number of thiophene rings is 1. The summed E-state index contributed by atoms with van der Waals surface area (Å²) in [6.45, 7) is 4.72. The standard InChI is InChI=1S/C17H17N3OS/c1-12-4-5-14(21-12)11-20-7-6-15-13(10-20)9-18-17(19-15)16-3-2-8-22-16/h2-5,8-9H,6-7,10-11H2,1H3. The Morgan fingerprint density at radius 3 is 3.05 bits per heavy atom. The molecule has 4 heterocycles. The van der Waals surface area contributed by atoms with E-state index in [1.807, 2.05) is 25.3 Å². The molecule has 0 fully saturated rings. The molecule has 0 radical (unpaired) electrons. The lowest BCUT2D eigenvalue weighted by atomic mass is 10.1. The minimum atomic E-state index is 0.847. The van der Waals surface area contributed by atoms with Crippen molar-refractivity contribution in [3.63, 3.8) is 0 Å². The van der Waals surface area contributed by atoms with Gasteiger partial charge in [-0.05, 0) is 30.5 Å². The van der Waals surface area contributed by atoms with Gasteiger partial charge in [0.2, 0.25) is 0 Å². The first kappa shape index (κ1) is 13.7. The molecule has 0 saturated heterocycles. The second-order valence-electron chi connectivity index (χ2n) is 5.62. The first-order valence-electron chi connectivity index (χ1n) is 7.44. The van der Waals surface area contributed by atoms with E-state index in [-0.39, 0.29) is 0 Å². The summed E-state index contributed by atoms with van der Waals surface area (Å²) >= 11 is 1.68. The average molecular weight is 311 g/mol. The Morgan fingerprint density at radius 1 is 1.32 bits per heavy atom. The predicted molar refractivity (Wildman–Crippen MR) is 86.6 cm³/mol. The number of nitrogens with zero attached hydrogens (tertiary/aromatic N) is 3. The molecule has 0 bridgehead atoms. The first-order chi connectivity index (χ1) is 10.8. The molecule has 112 valence electrons. The normalized spacial score (nSPS) is 15.0. The lowest BCUT2D eigenvalue weighted by Gasteiger charge is -2.27. The van der Waals surface area contributed by atoms with Gasteiger partial charge in [-0.25, -0.2) is 9.97 Å². The molecule has 3 aromatic rings. The van der Waals surface area contributed by atoms with Gasteiger partial charge in [-0.3, -0.25) is 4.90 Å². The van der Waals surface area contributed by atoms with Gasteiger partial charge in [0.05, 0.1) is 17.1 Å². The fraction of sp³-hybridized carbons (Fsp3) is 0.294. The van der Waals surface area contributed by atoms with Crippen LogP contribution in [-0.2, 0) is 19.5 Å². The van der Waals surface area contributed by atoms with Crippen LogP contribution < -0.4 is 0 Å². The molecule has 0 aliphatic carbocycles. The maximum absolute atomic E-state index is 5.67.